The van der Waals surface area contributed by atoms with Gasteiger partial charge in [-0.3, -0.25) is 10.2 Å². The highest BCUT2D eigenvalue weighted by molar-refractivity contribution is 7.98. The van der Waals surface area contributed by atoms with E-state index in [0.29, 0.717) is 10.6 Å². The first-order valence-corrected chi connectivity index (χ1v) is 6.64. The Morgan fingerprint density at radius 3 is 3.12 bits per heavy atom. The molecule has 5 nitrogen and oxygen atoms in total. The third-order valence-corrected chi connectivity index (χ3v) is 3.96. The summed E-state index contributed by atoms with van der Waals surface area (Å²) >= 11 is 2.93. The molecular formula is C10H10N4OS2. The number of hydrogen-bond acceptors (Lipinski definition) is 6. The van der Waals surface area contributed by atoms with Gasteiger partial charge in [-0.15, -0.1) is 23.1 Å². The van der Waals surface area contributed by atoms with Gasteiger partial charge in [-0.1, -0.05) is 0 Å². The number of aromatic nitrogens is 2. The number of nitrogens with one attached hydrogen (secondary N) is 1. The van der Waals surface area contributed by atoms with Crippen molar-refractivity contribution in [1.29, 1.82) is 0 Å². The van der Waals surface area contributed by atoms with E-state index < -0.39 is 0 Å². The molecule has 0 aliphatic rings. The molecule has 0 bridgehead atoms. The van der Waals surface area contributed by atoms with Crippen molar-refractivity contribution in [3.8, 4) is 0 Å². The van der Waals surface area contributed by atoms with Crippen LogP contribution in [0.15, 0.2) is 35.1 Å². The number of carbonyl (C=O) groups excluding carboxylic acids is 1. The number of hydrogen-bond donors (Lipinski definition) is 2. The van der Waals surface area contributed by atoms with Crippen molar-refractivity contribution >= 4 is 29.0 Å². The van der Waals surface area contributed by atoms with E-state index in [1.54, 1.807) is 18.0 Å². The maximum absolute atomic E-state index is 11.4. The molecular weight excluding hydrogens is 256 g/mol. The summed E-state index contributed by atoms with van der Waals surface area (Å²) < 4.78 is 0. The van der Waals surface area contributed by atoms with Crippen LogP contribution in [-0.2, 0) is 5.75 Å². The first kappa shape index (κ1) is 12.0. The predicted molar refractivity (Wildman–Crippen MR) is 67.6 cm³/mol. The molecule has 2 heterocycles. The lowest BCUT2D eigenvalue weighted by Gasteiger charge is -2.02. The van der Waals surface area contributed by atoms with Crippen LogP contribution in [0.25, 0.3) is 0 Å². The van der Waals surface area contributed by atoms with Gasteiger partial charge < -0.3 is 0 Å². The number of nitrogens with zero attached hydrogens (tertiary/aromatic N) is 2. The zero-order valence-electron chi connectivity index (χ0n) is 8.79. The summed E-state index contributed by atoms with van der Waals surface area (Å²) in [4.78, 5) is 20.0. The van der Waals surface area contributed by atoms with Gasteiger partial charge in [-0.05, 0) is 23.1 Å². The summed E-state index contributed by atoms with van der Waals surface area (Å²) in [5.41, 5.74) is 3.10. The molecule has 1 amide bonds. The minimum Gasteiger partial charge on any atom is -0.289 e. The smallest absolute Gasteiger partial charge is 0.275 e. The number of amides is 1. The summed E-state index contributed by atoms with van der Waals surface area (Å²) in [6.45, 7) is 0. The Labute approximate surface area is 106 Å². The molecule has 2 rings (SSSR count). The van der Waals surface area contributed by atoms with Crippen LogP contribution in [-0.4, -0.2) is 15.9 Å². The average Bonchev–Trinajstić information content (AvgIpc) is 2.85. The molecule has 7 heteroatoms. The van der Waals surface area contributed by atoms with E-state index in [2.05, 4.69) is 15.4 Å². The fraction of sp³-hybridized carbons (Fsp3) is 0.100. The van der Waals surface area contributed by atoms with Crippen LogP contribution in [0.2, 0.25) is 0 Å². The van der Waals surface area contributed by atoms with Crippen LogP contribution in [0.4, 0.5) is 0 Å². The second kappa shape index (κ2) is 5.76. The van der Waals surface area contributed by atoms with Crippen LogP contribution in [0.5, 0.6) is 0 Å². The van der Waals surface area contributed by atoms with Gasteiger partial charge in [0.1, 0.15) is 6.33 Å². The quantitative estimate of drug-likeness (QED) is 0.288. The third-order valence-electron chi connectivity index (χ3n) is 2.01. The fourth-order valence-electron chi connectivity index (χ4n) is 1.23. The molecule has 0 atom stereocenters. The zero-order valence-corrected chi connectivity index (χ0v) is 10.4. The van der Waals surface area contributed by atoms with Crippen LogP contribution >= 0.6 is 23.1 Å². The van der Waals surface area contributed by atoms with Crippen molar-refractivity contribution in [2.75, 3.05) is 0 Å². The molecule has 3 N–H and O–H groups in total. The molecule has 2 aromatic rings. The number of rotatable bonds is 4. The van der Waals surface area contributed by atoms with Gasteiger partial charge in [0.05, 0.1) is 9.90 Å². The van der Waals surface area contributed by atoms with E-state index in [1.807, 2.05) is 17.5 Å². The van der Waals surface area contributed by atoms with Crippen molar-refractivity contribution in [2.24, 2.45) is 5.84 Å². The van der Waals surface area contributed by atoms with E-state index in [9.17, 15) is 4.79 Å². The molecule has 0 fully saturated rings. The van der Waals surface area contributed by atoms with Crippen LogP contribution in [0.3, 0.4) is 0 Å². The molecule has 0 aromatic carbocycles. The minimum atomic E-state index is -0.252. The van der Waals surface area contributed by atoms with Gasteiger partial charge in [0.15, 0.2) is 0 Å². The fourth-order valence-corrected chi connectivity index (χ4v) is 2.97. The van der Waals surface area contributed by atoms with Gasteiger partial charge in [0.25, 0.3) is 5.91 Å². The normalized spacial score (nSPS) is 10.2. The summed E-state index contributed by atoms with van der Waals surface area (Å²) in [6, 6.07) is 3.75. The molecule has 0 spiro atoms. The largest absolute Gasteiger partial charge is 0.289 e. The molecule has 0 aliphatic carbocycles. The highest BCUT2D eigenvalue weighted by atomic mass is 32.2. The minimum absolute atomic E-state index is 0.252. The Morgan fingerprint density at radius 2 is 2.41 bits per heavy atom. The molecule has 0 saturated heterocycles. The molecule has 2 aromatic heterocycles. The number of nitrogens with two attached hydrogens (primary N) is 1. The molecule has 88 valence electrons. The van der Waals surface area contributed by atoms with E-state index >= 15 is 0 Å². The van der Waals surface area contributed by atoms with Crippen molar-refractivity contribution in [2.45, 2.75) is 10.8 Å². The number of hydrazine groups is 1. The maximum Gasteiger partial charge on any atom is 0.275 e. The van der Waals surface area contributed by atoms with Gasteiger partial charge >= 0.3 is 0 Å². The lowest BCUT2D eigenvalue weighted by Crippen LogP contribution is -2.29. The Kier molecular flexibility index (Phi) is 4.08. The molecule has 0 saturated carbocycles. The average molecular weight is 266 g/mol. The highest BCUT2D eigenvalue weighted by Gasteiger charge is 2.12. The summed E-state index contributed by atoms with van der Waals surface area (Å²) in [6.07, 6.45) is 3.19. The first-order chi connectivity index (χ1) is 8.31. The van der Waals surface area contributed by atoms with Crippen molar-refractivity contribution in [3.05, 3.63) is 40.5 Å². The Balaban J connectivity index is 2.05. The highest BCUT2D eigenvalue weighted by Crippen LogP contribution is 2.25. The zero-order chi connectivity index (χ0) is 12.1. The lowest BCUT2D eigenvalue weighted by atomic mass is 10.3. The number of nitrogen functional groups attached to an aromatic ring is 1. The topological polar surface area (TPSA) is 80.9 Å². The number of carbonyl (C=O) groups is 1. The standard InChI is InChI=1S/C10H10N4OS2/c11-14-10(15)9-7(2-4-16-9)5-17-8-1-3-12-6-13-8/h1-4,6H,5,11H2,(H,14,15). The van der Waals surface area contributed by atoms with E-state index in [-0.39, 0.29) is 5.91 Å². The first-order valence-electron chi connectivity index (χ1n) is 4.77. The van der Waals surface area contributed by atoms with Crippen molar-refractivity contribution in [1.82, 2.24) is 15.4 Å². The van der Waals surface area contributed by atoms with Crippen LogP contribution in [0.1, 0.15) is 15.2 Å². The van der Waals surface area contributed by atoms with E-state index in [0.717, 1.165) is 10.6 Å². The monoisotopic (exact) mass is 266 g/mol. The second-order valence-electron chi connectivity index (χ2n) is 3.08. The van der Waals surface area contributed by atoms with Crippen molar-refractivity contribution in [3.63, 3.8) is 0 Å². The van der Waals surface area contributed by atoms with Gasteiger partial charge in [0, 0.05) is 11.9 Å². The predicted octanol–water partition coefficient (Wildman–Crippen LogP) is 1.43. The van der Waals surface area contributed by atoms with Crippen molar-refractivity contribution < 1.29 is 4.79 Å². The maximum atomic E-state index is 11.4. The number of thiophene rings is 1. The lowest BCUT2D eigenvalue weighted by molar-refractivity contribution is 0.0957. The van der Waals surface area contributed by atoms with E-state index in [4.69, 9.17) is 5.84 Å². The molecule has 0 unspecified atom stereocenters. The van der Waals surface area contributed by atoms with Gasteiger partial charge in [0.2, 0.25) is 0 Å². The number of thioether (sulfide) groups is 1. The SMILES string of the molecule is NNC(=O)c1sccc1CSc1ccncn1. The Bertz CT molecular complexity index is 500. The summed E-state index contributed by atoms with van der Waals surface area (Å²) in [7, 11) is 0. The van der Waals surface area contributed by atoms with Crippen LogP contribution < -0.4 is 11.3 Å². The summed E-state index contributed by atoms with van der Waals surface area (Å²) in [5, 5.41) is 2.76. The molecule has 0 radical (unpaired) electrons. The Morgan fingerprint density at radius 1 is 1.53 bits per heavy atom. The molecule has 0 aliphatic heterocycles. The second-order valence-corrected chi connectivity index (χ2v) is 5.00. The van der Waals surface area contributed by atoms with Gasteiger partial charge in [-0.2, -0.15) is 0 Å². The molecule has 17 heavy (non-hydrogen) atoms. The summed E-state index contributed by atoms with van der Waals surface area (Å²) in [5.74, 6) is 5.55. The third kappa shape index (κ3) is 3.02. The van der Waals surface area contributed by atoms with E-state index in [1.165, 1.54) is 17.7 Å². The Hall–Kier alpha value is -1.44. The van der Waals surface area contributed by atoms with Crippen LogP contribution in [0, 0.1) is 0 Å². The van der Waals surface area contributed by atoms with Gasteiger partial charge in [-0.25, -0.2) is 15.8 Å².